The lowest BCUT2D eigenvalue weighted by Crippen LogP contribution is -2.20. The van der Waals surface area contributed by atoms with Crippen LogP contribution >= 0.6 is 0 Å². The second-order valence-electron chi connectivity index (χ2n) is 11.1. The molecule has 0 spiro atoms. The van der Waals surface area contributed by atoms with E-state index in [0.717, 1.165) is 53.0 Å². The number of pyridine rings is 1. The van der Waals surface area contributed by atoms with Crippen LogP contribution in [0.25, 0.3) is 28.2 Å². The molecular weight excluding hydrogens is 476 g/mol. The molecule has 0 saturated carbocycles. The highest BCUT2D eigenvalue weighted by molar-refractivity contribution is 5.93. The van der Waals surface area contributed by atoms with Crippen LogP contribution in [0.15, 0.2) is 66.7 Å². The largest absolute Gasteiger partial charge is 0.400 e. The lowest BCUT2D eigenvalue weighted by Gasteiger charge is -2.25. The van der Waals surface area contributed by atoms with Crippen LogP contribution in [0, 0.1) is 0 Å². The molecule has 0 saturated heterocycles. The molecule has 7 heteroatoms. The number of nitrogens with zero attached hydrogens (tertiary/aromatic N) is 3. The Kier molecular flexibility index (Phi) is 8.32. The Bertz CT molecular complexity index is 1390. The fourth-order valence-electron chi connectivity index (χ4n) is 3.87. The number of aldehydes is 1. The fourth-order valence-corrected chi connectivity index (χ4v) is 3.87. The van der Waals surface area contributed by atoms with E-state index in [-0.39, 0.29) is 10.8 Å². The SMILES string of the molecule is CC(C)(C)c1cc(-c2cc(-c3ccc(C=O)cc3)nn2-c2ccc(C(N)=O)cc2)cc(C(C)(C)C)n1.CO. The monoisotopic (exact) mass is 512 g/mol. The first-order valence-corrected chi connectivity index (χ1v) is 12.4. The van der Waals surface area contributed by atoms with Crippen molar-refractivity contribution in [2.75, 3.05) is 7.11 Å². The van der Waals surface area contributed by atoms with Crippen molar-refractivity contribution in [2.45, 2.75) is 52.4 Å². The van der Waals surface area contributed by atoms with Crippen molar-refractivity contribution in [1.29, 1.82) is 0 Å². The van der Waals surface area contributed by atoms with Gasteiger partial charge in [-0.25, -0.2) is 4.68 Å². The van der Waals surface area contributed by atoms with E-state index in [1.54, 1.807) is 24.3 Å². The second kappa shape index (κ2) is 11.1. The molecule has 7 nitrogen and oxygen atoms in total. The van der Waals surface area contributed by atoms with Gasteiger partial charge in [-0.3, -0.25) is 14.6 Å². The number of benzene rings is 2. The second-order valence-corrected chi connectivity index (χ2v) is 11.1. The smallest absolute Gasteiger partial charge is 0.248 e. The van der Waals surface area contributed by atoms with Crippen molar-refractivity contribution in [3.05, 3.63) is 89.2 Å². The molecule has 0 bridgehead atoms. The van der Waals surface area contributed by atoms with Crippen LogP contribution in [0.5, 0.6) is 0 Å². The summed E-state index contributed by atoms with van der Waals surface area (Å²) >= 11 is 0. The molecule has 0 aliphatic carbocycles. The molecule has 0 atom stereocenters. The van der Waals surface area contributed by atoms with Gasteiger partial charge in [-0.15, -0.1) is 0 Å². The van der Waals surface area contributed by atoms with Crippen molar-refractivity contribution in [3.8, 4) is 28.2 Å². The molecule has 2 heterocycles. The van der Waals surface area contributed by atoms with Gasteiger partial charge in [0, 0.05) is 51.6 Å². The number of amides is 1. The predicted octanol–water partition coefficient (Wildman–Crippen LogP) is 5.72. The quantitative estimate of drug-likeness (QED) is 0.332. The Morgan fingerprint density at radius 1 is 0.816 bits per heavy atom. The summed E-state index contributed by atoms with van der Waals surface area (Å²) in [6.45, 7) is 12.9. The number of carbonyl (C=O) groups is 2. The van der Waals surface area contributed by atoms with Crippen LogP contribution in [0.4, 0.5) is 0 Å². The highest BCUT2D eigenvalue weighted by Crippen LogP contribution is 2.34. The molecule has 4 rings (SSSR count). The Labute approximate surface area is 224 Å². The summed E-state index contributed by atoms with van der Waals surface area (Å²) in [5.74, 6) is -0.475. The summed E-state index contributed by atoms with van der Waals surface area (Å²) < 4.78 is 1.88. The number of hydrogen-bond acceptors (Lipinski definition) is 5. The first-order valence-electron chi connectivity index (χ1n) is 12.4. The zero-order valence-electron chi connectivity index (χ0n) is 23.1. The summed E-state index contributed by atoms with van der Waals surface area (Å²) in [5, 5.41) is 11.9. The maximum absolute atomic E-state index is 11.6. The standard InChI is InChI=1S/C30H32N4O2.CH4O/c1-29(2,3)26-15-22(16-27(32-26)30(4,5)6)25-17-24(20-9-7-19(18-35)8-10-20)33-34(25)23-13-11-21(12-14-23)28(31)36;1-2/h7-18H,1-6H3,(H2,31,36);2H,1H3. The number of primary amides is 1. The van der Waals surface area contributed by atoms with Gasteiger partial charge in [0.1, 0.15) is 6.29 Å². The normalized spacial score (nSPS) is 11.5. The van der Waals surface area contributed by atoms with Crippen LogP contribution in [-0.4, -0.2) is 39.2 Å². The zero-order chi connectivity index (χ0) is 28.3. The number of aliphatic hydroxyl groups excluding tert-OH is 1. The average Bonchev–Trinajstić information content (AvgIpc) is 3.34. The number of aliphatic hydroxyl groups is 1. The van der Waals surface area contributed by atoms with E-state index in [0.29, 0.717) is 11.1 Å². The average molecular weight is 513 g/mol. The molecular formula is C31H36N4O3. The van der Waals surface area contributed by atoms with Gasteiger partial charge in [0.15, 0.2) is 0 Å². The summed E-state index contributed by atoms with van der Waals surface area (Å²) in [6.07, 6.45) is 0.827. The van der Waals surface area contributed by atoms with Gasteiger partial charge in [0.25, 0.3) is 0 Å². The van der Waals surface area contributed by atoms with E-state index < -0.39 is 5.91 Å². The minimum absolute atomic E-state index is 0.141. The molecule has 3 N–H and O–H groups in total. The maximum atomic E-state index is 11.6. The molecule has 0 aliphatic rings. The van der Waals surface area contributed by atoms with Gasteiger partial charge in [0.2, 0.25) is 5.91 Å². The van der Waals surface area contributed by atoms with E-state index in [4.69, 9.17) is 20.9 Å². The van der Waals surface area contributed by atoms with Gasteiger partial charge in [-0.05, 0) is 42.5 Å². The highest BCUT2D eigenvalue weighted by atomic mass is 16.2. The molecule has 2 aromatic heterocycles. The van der Waals surface area contributed by atoms with Crippen LogP contribution in [0.1, 0.15) is 73.6 Å². The third-order valence-electron chi connectivity index (χ3n) is 6.11. The molecule has 2 aromatic carbocycles. The molecule has 38 heavy (non-hydrogen) atoms. The fraction of sp³-hybridized carbons (Fsp3) is 0.290. The van der Waals surface area contributed by atoms with Crippen LogP contribution in [0.3, 0.4) is 0 Å². The minimum atomic E-state index is -0.475. The highest BCUT2D eigenvalue weighted by Gasteiger charge is 2.24. The first-order chi connectivity index (χ1) is 17.9. The number of nitrogens with two attached hydrogens (primary N) is 1. The van der Waals surface area contributed by atoms with Gasteiger partial charge >= 0.3 is 0 Å². The van der Waals surface area contributed by atoms with Crippen LogP contribution in [0.2, 0.25) is 0 Å². The van der Waals surface area contributed by atoms with Crippen molar-refractivity contribution in [3.63, 3.8) is 0 Å². The van der Waals surface area contributed by atoms with E-state index in [1.165, 1.54) is 0 Å². The molecule has 0 aliphatic heterocycles. The maximum Gasteiger partial charge on any atom is 0.248 e. The van der Waals surface area contributed by atoms with Crippen molar-refractivity contribution in [1.82, 2.24) is 14.8 Å². The van der Waals surface area contributed by atoms with Gasteiger partial charge in [-0.2, -0.15) is 5.10 Å². The number of carbonyl (C=O) groups excluding carboxylic acids is 2. The van der Waals surface area contributed by atoms with E-state index >= 15 is 0 Å². The third kappa shape index (κ3) is 6.23. The van der Waals surface area contributed by atoms with E-state index in [1.807, 2.05) is 35.0 Å². The Morgan fingerprint density at radius 2 is 1.34 bits per heavy atom. The molecule has 198 valence electrons. The van der Waals surface area contributed by atoms with Crippen LogP contribution < -0.4 is 5.73 Å². The third-order valence-corrected chi connectivity index (χ3v) is 6.11. The summed E-state index contributed by atoms with van der Waals surface area (Å²) in [6, 6.07) is 20.7. The van der Waals surface area contributed by atoms with Crippen LogP contribution in [-0.2, 0) is 10.8 Å². The lowest BCUT2D eigenvalue weighted by molar-refractivity contribution is 0.0999. The number of hydrogen-bond donors (Lipinski definition) is 2. The summed E-state index contributed by atoms with van der Waals surface area (Å²) in [4.78, 5) is 27.7. The number of rotatable bonds is 5. The molecule has 4 aromatic rings. The topological polar surface area (TPSA) is 111 Å². The van der Waals surface area contributed by atoms with Crippen molar-refractivity contribution in [2.24, 2.45) is 5.73 Å². The van der Waals surface area contributed by atoms with E-state index in [2.05, 4.69) is 53.7 Å². The van der Waals surface area contributed by atoms with Gasteiger partial charge < -0.3 is 10.8 Å². The van der Waals surface area contributed by atoms with Gasteiger partial charge in [0.05, 0.1) is 17.1 Å². The Morgan fingerprint density at radius 3 is 1.79 bits per heavy atom. The van der Waals surface area contributed by atoms with E-state index in [9.17, 15) is 9.59 Å². The van der Waals surface area contributed by atoms with Crippen molar-refractivity contribution < 1.29 is 14.7 Å². The molecule has 0 radical (unpaired) electrons. The number of aromatic nitrogens is 3. The zero-order valence-corrected chi connectivity index (χ0v) is 23.1. The predicted molar refractivity (Wildman–Crippen MR) is 152 cm³/mol. The Hall–Kier alpha value is -4.10. The lowest BCUT2D eigenvalue weighted by atomic mass is 9.86. The van der Waals surface area contributed by atoms with Gasteiger partial charge in [-0.1, -0.05) is 65.8 Å². The molecule has 0 unspecified atom stereocenters. The minimum Gasteiger partial charge on any atom is -0.400 e. The summed E-state index contributed by atoms with van der Waals surface area (Å²) in [5.41, 5.74) is 12.6. The van der Waals surface area contributed by atoms with Crippen molar-refractivity contribution >= 4 is 12.2 Å². The first kappa shape index (κ1) is 28.5. The molecule has 1 amide bonds. The molecule has 0 fully saturated rings. The summed E-state index contributed by atoms with van der Waals surface area (Å²) in [7, 11) is 1.00. The Balaban J connectivity index is 0.00000195.